The van der Waals surface area contributed by atoms with Crippen molar-refractivity contribution in [3.8, 4) is 5.75 Å². The van der Waals surface area contributed by atoms with Gasteiger partial charge in [-0.15, -0.1) is 0 Å². The number of esters is 1. The molecule has 0 unspecified atom stereocenters. The maximum absolute atomic E-state index is 11.8. The molecule has 2 N–H and O–H groups in total. The van der Waals surface area contributed by atoms with Gasteiger partial charge in [0.1, 0.15) is 10.6 Å². The van der Waals surface area contributed by atoms with E-state index in [0.29, 0.717) is 13.0 Å². The average Bonchev–Trinajstić information content (AvgIpc) is 2.44. The van der Waals surface area contributed by atoms with Crippen molar-refractivity contribution < 1.29 is 22.7 Å². The van der Waals surface area contributed by atoms with Crippen molar-refractivity contribution in [2.45, 2.75) is 38.0 Å². The summed E-state index contributed by atoms with van der Waals surface area (Å²) in [6.07, 6.45) is 2.41. The van der Waals surface area contributed by atoms with Crippen LogP contribution in [0.4, 0.5) is 0 Å². The largest absolute Gasteiger partial charge is 0.492 e. The molecular formula is C14H21NO5S. The van der Waals surface area contributed by atoms with Gasteiger partial charge in [0.25, 0.3) is 0 Å². The number of rotatable bonds is 8. The number of benzene rings is 1. The number of nitrogens with two attached hydrogens (primary N) is 1. The number of ether oxygens (including phenoxy) is 2. The van der Waals surface area contributed by atoms with Crippen LogP contribution in [0.1, 0.15) is 43.5 Å². The zero-order chi connectivity index (χ0) is 15.9. The highest BCUT2D eigenvalue weighted by Crippen LogP contribution is 2.25. The van der Waals surface area contributed by atoms with Gasteiger partial charge >= 0.3 is 5.97 Å². The van der Waals surface area contributed by atoms with Gasteiger partial charge < -0.3 is 9.47 Å². The first-order valence-electron chi connectivity index (χ1n) is 6.87. The lowest BCUT2D eigenvalue weighted by Gasteiger charge is -2.11. The molecule has 1 aromatic rings. The molecule has 0 heterocycles. The van der Waals surface area contributed by atoms with E-state index in [4.69, 9.17) is 14.6 Å². The third-order valence-electron chi connectivity index (χ3n) is 2.68. The molecule has 1 rings (SSSR count). The van der Waals surface area contributed by atoms with Crippen LogP contribution in [0.3, 0.4) is 0 Å². The van der Waals surface area contributed by atoms with E-state index >= 15 is 0 Å². The van der Waals surface area contributed by atoms with Gasteiger partial charge in [0.2, 0.25) is 10.0 Å². The van der Waals surface area contributed by atoms with Crippen LogP contribution in [0.15, 0.2) is 23.1 Å². The van der Waals surface area contributed by atoms with Crippen LogP contribution >= 0.6 is 0 Å². The lowest BCUT2D eigenvalue weighted by molar-refractivity contribution is 0.0504. The first kappa shape index (κ1) is 17.5. The number of carbonyl (C=O) groups is 1. The standard InChI is InChI=1S/C14H21NO5S/c1-3-5-9-19-12-7-6-11(14(16)20-8-4-2)10-13(12)21(15,17)18/h6-7,10H,3-5,8-9H2,1-2H3,(H2,15,17,18). The predicted molar refractivity (Wildman–Crippen MR) is 78.8 cm³/mol. The molecule has 0 amide bonds. The van der Waals surface area contributed by atoms with Crippen LogP contribution in [0.5, 0.6) is 5.75 Å². The summed E-state index contributed by atoms with van der Waals surface area (Å²) in [4.78, 5) is 11.6. The fraction of sp³-hybridized carbons (Fsp3) is 0.500. The molecule has 0 aliphatic rings. The summed E-state index contributed by atoms with van der Waals surface area (Å²) in [5.74, 6) is -0.431. The Hall–Kier alpha value is -1.60. The monoisotopic (exact) mass is 315 g/mol. The molecular weight excluding hydrogens is 294 g/mol. The summed E-state index contributed by atoms with van der Waals surface area (Å²) in [7, 11) is -3.98. The second-order valence-corrected chi connectivity index (χ2v) is 6.07. The van der Waals surface area contributed by atoms with Crippen LogP contribution in [-0.4, -0.2) is 27.6 Å². The number of sulfonamides is 1. The van der Waals surface area contributed by atoms with Crippen LogP contribution in [0, 0.1) is 0 Å². The van der Waals surface area contributed by atoms with Crippen molar-refractivity contribution in [2.24, 2.45) is 5.14 Å². The Morgan fingerprint density at radius 1 is 1.19 bits per heavy atom. The summed E-state index contributed by atoms with van der Waals surface area (Å²) >= 11 is 0. The fourth-order valence-electron chi connectivity index (χ4n) is 1.58. The molecule has 21 heavy (non-hydrogen) atoms. The lowest BCUT2D eigenvalue weighted by Crippen LogP contribution is -2.16. The highest BCUT2D eigenvalue weighted by molar-refractivity contribution is 7.89. The number of primary sulfonamides is 1. The maximum atomic E-state index is 11.8. The van der Waals surface area contributed by atoms with Gasteiger partial charge in [-0.25, -0.2) is 18.4 Å². The number of unbranched alkanes of at least 4 members (excludes halogenated alkanes) is 1. The zero-order valence-corrected chi connectivity index (χ0v) is 13.1. The Labute approximate surface area is 125 Å². The highest BCUT2D eigenvalue weighted by Gasteiger charge is 2.19. The molecule has 0 saturated carbocycles. The molecule has 0 aliphatic heterocycles. The lowest BCUT2D eigenvalue weighted by atomic mass is 10.2. The number of hydrogen-bond donors (Lipinski definition) is 1. The highest BCUT2D eigenvalue weighted by atomic mass is 32.2. The summed E-state index contributed by atoms with van der Waals surface area (Å²) in [5.41, 5.74) is 0.135. The normalized spacial score (nSPS) is 11.2. The molecule has 118 valence electrons. The second kappa shape index (κ2) is 7.99. The van der Waals surface area contributed by atoms with Gasteiger partial charge in [-0.05, 0) is 31.0 Å². The number of carbonyl (C=O) groups excluding carboxylic acids is 1. The van der Waals surface area contributed by atoms with E-state index in [0.717, 1.165) is 12.8 Å². The quantitative estimate of drug-likeness (QED) is 0.585. The Morgan fingerprint density at radius 2 is 1.90 bits per heavy atom. The Morgan fingerprint density at radius 3 is 2.48 bits per heavy atom. The van der Waals surface area contributed by atoms with Crippen molar-refractivity contribution in [1.29, 1.82) is 0 Å². The molecule has 0 radical (unpaired) electrons. The molecule has 0 bridgehead atoms. The molecule has 6 nitrogen and oxygen atoms in total. The van der Waals surface area contributed by atoms with Crippen LogP contribution in [0.2, 0.25) is 0 Å². The van der Waals surface area contributed by atoms with Crippen molar-refractivity contribution in [3.05, 3.63) is 23.8 Å². The molecule has 0 spiro atoms. The van der Waals surface area contributed by atoms with E-state index in [-0.39, 0.29) is 22.8 Å². The van der Waals surface area contributed by atoms with Crippen molar-refractivity contribution in [2.75, 3.05) is 13.2 Å². The topological polar surface area (TPSA) is 95.7 Å². The summed E-state index contributed by atoms with van der Waals surface area (Å²) < 4.78 is 33.6. The molecule has 0 saturated heterocycles. The van der Waals surface area contributed by atoms with E-state index in [1.807, 2.05) is 13.8 Å². The zero-order valence-electron chi connectivity index (χ0n) is 12.3. The molecule has 0 aromatic heterocycles. The van der Waals surface area contributed by atoms with Crippen LogP contribution < -0.4 is 9.88 Å². The van der Waals surface area contributed by atoms with E-state index in [2.05, 4.69) is 0 Å². The molecule has 0 atom stereocenters. The van der Waals surface area contributed by atoms with E-state index < -0.39 is 16.0 Å². The average molecular weight is 315 g/mol. The Kier molecular flexibility index (Phi) is 6.64. The Balaban J connectivity index is 3.04. The van der Waals surface area contributed by atoms with Gasteiger partial charge in [0, 0.05) is 0 Å². The predicted octanol–water partition coefficient (Wildman–Crippen LogP) is 2.08. The molecule has 0 fully saturated rings. The van der Waals surface area contributed by atoms with E-state index in [1.54, 1.807) is 0 Å². The third kappa shape index (κ3) is 5.35. The van der Waals surface area contributed by atoms with Crippen molar-refractivity contribution >= 4 is 16.0 Å². The van der Waals surface area contributed by atoms with Gasteiger partial charge in [-0.1, -0.05) is 20.3 Å². The Bertz CT molecular complexity index is 583. The van der Waals surface area contributed by atoms with Crippen LogP contribution in [-0.2, 0) is 14.8 Å². The summed E-state index contributed by atoms with van der Waals surface area (Å²) in [6, 6.07) is 4.08. The summed E-state index contributed by atoms with van der Waals surface area (Å²) in [6.45, 7) is 4.53. The van der Waals surface area contributed by atoms with Gasteiger partial charge in [-0.2, -0.15) is 0 Å². The van der Waals surface area contributed by atoms with E-state index in [9.17, 15) is 13.2 Å². The fourth-order valence-corrected chi connectivity index (χ4v) is 2.28. The molecule has 7 heteroatoms. The molecule has 1 aromatic carbocycles. The minimum atomic E-state index is -3.98. The minimum absolute atomic E-state index is 0.135. The van der Waals surface area contributed by atoms with Gasteiger partial charge in [-0.3, -0.25) is 0 Å². The number of hydrogen-bond acceptors (Lipinski definition) is 5. The van der Waals surface area contributed by atoms with Crippen LogP contribution in [0.25, 0.3) is 0 Å². The van der Waals surface area contributed by atoms with Crippen molar-refractivity contribution in [1.82, 2.24) is 0 Å². The first-order chi connectivity index (χ1) is 9.90. The van der Waals surface area contributed by atoms with Gasteiger partial charge in [0.05, 0.1) is 18.8 Å². The van der Waals surface area contributed by atoms with Gasteiger partial charge in [0.15, 0.2) is 0 Å². The molecule has 0 aliphatic carbocycles. The van der Waals surface area contributed by atoms with Crippen molar-refractivity contribution in [3.63, 3.8) is 0 Å². The first-order valence-corrected chi connectivity index (χ1v) is 8.41. The maximum Gasteiger partial charge on any atom is 0.338 e. The van der Waals surface area contributed by atoms with E-state index in [1.165, 1.54) is 18.2 Å². The third-order valence-corrected chi connectivity index (χ3v) is 3.61. The SMILES string of the molecule is CCCCOc1ccc(C(=O)OCCC)cc1S(N)(=O)=O. The smallest absolute Gasteiger partial charge is 0.338 e. The summed E-state index contributed by atoms with van der Waals surface area (Å²) in [5, 5.41) is 5.17. The second-order valence-electron chi connectivity index (χ2n) is 4.54. The minimum Gasteiger partial charge on any atom is -0.492 e.